The van der Waals surface area contributed by atoms with Crippen LogP contribution in [-0.2, 0) is 11.3 Å². The average Bonchev–Trinajstić information content (AvgIpc) is 3.37. The molecule has 0 radical (unpaired) electrons. The Morgan fingerprint density at radius 3 is 2.63 bits per heavy atom. The van der Waals surface area contributed by atoms with Crippen LogP contribution in [0.15, 0.2) is 17.5 Å². The predicted molar refractivity (Wildman–Crippen MR) is 112 cm³/mol. The number of rotatable bonds is 7. The van der Waals surface area contributed by atoms with Gasteiger partial charge in [0.25, 0.3) is 0 Å². The average molecular weight is 405 g/mol. The first kappa shape index (κ1) is 18.9. The highest BCUT2D eigenvalue weighted by molar-refractivity contribution is 7.14. The first-order chi connectivity index (χ1) is 13.1. The molecule has 146 valence electrons. The molecule has 0 aromatic carbocycles. The summed E-state index contributed by atoms with van der Waals surface area (Å²) < 4.78 is 0. The minimum atomic E-state index is -0.751. The molecule has 1 N–H and O–H groups in total. The van der Waals surface area contributed by atoms with E-state index < -0.39 is 5.97 Å². The number of aromatic nitrogens is 1. The molecule has 0 saturated heterocycles. The standard InChI is InChI=1S/C21H28N2O2S2/c1-14-6-7-18(27-14)12-23(9-8-20(24)25)21-22-19(13-26-21)17-10-15-4-2-3-5-16(15)11-17/h6-7,13,15-17H,2-5,8-12H2,1H3,(H,24,25). The molecule has 0 spiro atoms. The van der Waals surface area contributed by atoms with E-state index >= 15 is 0 Å². The zero-order valence-corrected chi connectivity index (χ0v) is 17.5. The van der Waals surface area contributed by atoms with Gasteiger partial charge in [0, 0.05) is 27.6 Å². The van der Waals surface area contributed by atoms with Gasteiger partial charge in [0.05, 0.1) is 18.7 Å². The Hall–Kier alpha value is -1.40. The molecule has 2 fully saturated rings. The van der Waals surface area contributed by atoms with Crippen molar-refractivity contribution in [1.82, 2.24) is 4.98 Å². The minimum Gasteiger partial charge on any atom is -0.481 e. The number of aryl methyl sites for hydroxylation is 1. The van der Waals surface area contributed by atoms with Crippen molar-refractivity contribution in [2.24, 2.45) is 11.8 Å². The van der Waals surface area contributed by atoms with Crippen LogP contribution in [0, 0.1) is 18.8 Å². The number of fused-ring (bicyclic) bond motifs is 1. The molecule has 0 bridgehead atoms. The number of anilines is 1. The van der Waals surface area contributed by atoms with Gasteiger partial charge in [-0.3, -0.25) is 4.79 Å². The van der Waals surface area contributed by atoms with Crippen LogP contribution in [0.5, 0.6) is 0 Å². The van der Waals surface area contributed by atoms with Crippen LogP contribution < -0.4 is 4.90 Å². The van der Waals surface area contributed by atoms with Crippen LogP contribution in [0.2, 0.25) is 0 Å². The molecular formula is C21H28N2O2S2. The lowest BCUT2D eigenvalue weighted by molar-refractivity contribution is -0.136. The molecule has 2 heterocycles. The van der Waals surface area contributed by atoms with E-state index in [0.717, 1.165) is 23.5 Å². The predicted octanol–water partition coefficient (Wildman–Crippen LogP) is 5.68. The van der Waals surface area contributed by atoms with Crippen molar-refractivity contribution in [3.8, 4) is 0 Å². The van der Waals surface area contributed by atoms with Crippen molar-refractivity contribution in [2.75, 3.05) is 11.4 Å². The number of carbonyl (C=O) groups is 1. The zero-order valence-electron chi connectivity index (χ0n) is 15.9. The molecule has 4 nitrogen and oxygen atoms in total. The first-order valence-electron chi connectivity index (χ1n) is 10.1. The highest BCUT2D eigenvalue weighted by Crippen LogP contribution is 2.49. The van der Waals surface area contributed by atoms with E-state index in [2.05, 4.69) is 29.3 Å². The molecule has 2 aromatic rings. The van der Waals surface area contributed by atoms with E-state index in [4.69, 9.17) is 10.1 Å². The van der Waals surface area contributed by atoms with E-state index in [1.165, 1.54) is 54.0 Å². The Morgan fingerprint density at radius 2 is 2.00 bits per heavy atom. The van der Waals surface area contributed by atoms with Gasteiger partial charge in [-0.15, -0.1) is 22.7 Å². The van der Waals surface area contributed by atoms with Gasteiger partial charge in [0.2, 0.25) is 0 Å². The summed E-state index contributed by atoms with van der Waals surface area (Å²) in [5.74, 6) is 1.67. The number of carboxylic acid groups (broad SMARTS) is 1. The fraction of sp³-hybridized carbons (Fsp3) is 0.619. The van der Waals surface area contributed by atoms with E-state index in [1.54, 1.807) is 22.7 Å². The highest BCUT2D eigenvalue weighted by Gasteiger charge is 2.37. The normalized spacial score (nSPS) is 24.7. The van der Waals surface area contributed by atoms with Gasteiger partial charge >= 0.3 is 5.97 Å². The number of aliphatic carboxylic acids is 1. The minimum absolute atomic E-state index is 0.146. The molecule has 2 aliphatic carbocycles. The summed E-state index contributed by atoms with van der Waals surface area (Å²) in [6.45, 7) is 3.36. The van der Waals surface area contributed by atoms with Gasteiger partial charge in [-0.2, -0.15) is 0 Å². The number of nitrogens with zero attached hydrogens (tertiary/aromatic N) is 2. The molecular weight excluding hydrogens is 376 g/mol. The van der Waals surface area contributed by atoms with Gasteiger partial charge in [0.1, 0.15) is 0 Å². The lowest BCUT2D eigenvalue weighted by atomic mass is 9.82. The summed E-state index contributed by atoms with van der Waals surface area (Å²) in [5, 5.41) is 12.3. The second-order valence-electron chi connectivity index (χ2n) is 8.11. The molecule has 0 aliphatic heterocycles. The van der Waals surface area contributed by atoms with Gasteiger partial charge < -0.3 is 10.0 Å². The van der Waals surface area contributed by atoms with Crippen LogP contribution in [-0.4, -0.2) is 22.6 Å². The van der Waals surface area contributed by atoms with Gasteiger partial charge in [-0.05, 0) is 43.7 Å². The van der Waals surface area contributed by atoms with Crippen molar-refractivity contribution >= 4 is 33.8 Å². The van der Waals surface area contributed by atoms with Crippen molar-refractivity contribution < 1.29 is 9.90 Å². The molecule has 4 rings (SSSR count). The largest absolute Gasteiger partial charge is 0.481 e. The van der Waals surface area contributed by atoms with Gasteiger partial charge in [-0.1, -0.05) is 25.7 Å². The lowest BCUT2D eigenvalue weighted by Crippen LogP contribution is -2.25. The third-order valence-corrected chi connectivity index (χ3v) is 8.08. The second kappa shape index (κ2) is 8.31. The molecule has 2 aliphatic rings. The Labute approximate surface area is 169 Å². The Kier molecular flexibility index (Phi) is 5.83. The first-order valence-corrected chi connectivity index (χ1v) is 11.8. The summed E-state index contributed by atoms with van der Waals surface area (Å²) in [7, 11) is 0. The summed E-state index contributed by atoms with van der Waals surface area (Å²) in [6.07, 6.45) is 8.35. The molecule has 0 amide bonds. The quantitative estimate of drug-likeness (QED) is 0.645. The third kappa shape index (κ3) is 4.54. The van der Waals surface area contributed by atoms with Crippen molar-refractivity contribution in [3.05, 3.63) is 33.0 Å². The summed E-state index contributed by atoms with van der Waals surface area (Å²) in [4.78, 5) is 20.8. The number of hydrogen-bond donors (Lipinski definition) is 1. The van der Waals surface area contributed by atoms with Crippen LogP contribution >= 0.6 is 22.7 Å². The molecule has 2 atom stereocenters. The molecule has 2 saturated carbocycles. The lowest BCUT2D eigenvalue weighted by Gasteiger charge is -2.24. The van der Waals surface area contributed by atoms with Crippen molar-refractivity contribution in [1.29, 1.82) is 0 Å². The molecule has 2 aromatic heterocycles. The SMILES string of the molecule is Cc1ccc(CN(CCC(=O)O)c2nc(C3CC4CCCCC4C3)cs2)s1. The van der Waals surface area contributed by atoms with Crippen molar-refractivity contribution in [2.45, 2.75) is 64.3 Å². The monoisotopic (exact) mass is 404 g/mol. The summed E-state index contributed by atoms with van der Waals surface area (Å²) >= 11 is 3.46. The maximum atomic E-state index is 11.1. The Morgan fingerprint density at radius 1 is 1.26 bits per heavy atom. The Bertz CT molecular complexity index is 771. The summed E-state index contributed by atoms with van der Waals surface area (Å²) in [6, 6.07) is 4.27. The van der Waals surface area contributed by atoms with Crippen LogP contribution in [0.1, 0.15) is 66.3 Å². The fourth-order valence-corrected chi connectivity index (χ4v) is 6.65. The maximum Gasteiger partial charge on any atom is 0.305 e. The van der Waals surface area contributed by atoms with Gasteiger partial charge in [0.15, 0.2) is 5.13 Å². The highest BCUT2D eigenvalue weighted by atomic mass is 32.1. The number of carboxylic acids is 1. The third-order valence-electron chi connectivity index (χ3n) is 6.18. The van der Waals surface area contributed by atoms with Gasteiger partial charge in [-0.25, -0.2) is 4.98 Å². The number of thiazole rings is 1. The molecule has 27 heavy (non-hydrogen) atoms. The zero-order chi connectivity index (χ0) is 18.8. The molecule has 6 heteroatoms. The summed E-state index contributed by atoms with van der Waals surface area (Å²) in [5.41, 5.74) is 1.24. The van der Waals surface area contributed by atoms with Crippen LogP contribution in [0.25, 0.3) is 0 Å². The topological polar surface area (TPSA) is 53.4 Å². The molecule has 2 unspecified atom stereocenters. The Balaban J connectivity index is 1.47. The van der Waals surface area contributed by atoms with E-state index in [9.17, 15) is 4.79 Å². The van der Waals surface area contributed by atoms with E-state index in [1.807, 2.05) is 0 Å². The van der Waals surface area contributed by atoms with Crippen LogP contribution in [0.3, 0.4) is 0 Å². The fourth-order valence-electron chi connectivity index (χ4n) is 4.81. The smallest absolute Gasteiger partial charge is 0.305 e. The number of hydrogen-bond acceptors (Lipinski definition) is 5. The number of thiophene rings is 1. The van der Waals surface area contributed by atoms with E-state index in [-0.39, 0.29) is 6.42 Å². The second-order valence-corrected chi connectivity index (χ2v) is 10.3. The van der Waals surface area contributed by atoms with Crippen LogP contribution in [0.4, 0.5) is 5.13 Å². The maximum absolute atomic E-state index is 11.1. The van der Waals surface area contributed by atoms with E-state index in [0.29, 0.717) is 12.5 Å². The van der Waals surface area contributed by atoms with Crippen molar-refractivity contribution in [3.63, 3.8) is 0 Å².